The van der Waals surface area contributed by atoms with Crippen LogP contribution in [0.4, 0.5) is 4.39 Å². The van der Waals surface area contributed by atoms with E-state index in [9.17, 15) is 17.6 Å². The van der Waals surface area contributed by atoms with Crippen LogP contribution in [-0.4, -0.2) is 35.5 Å². The average Bonchev–Trinajstić information content (AvgIpc) is 3.14. The van der Waals surface area contributed by atoms with Crippen molar-refractivity contribution >= 4 is 27.1 Å². The van der Waals surface area contributed by atoms with Crippen LogP contribution in [0.25, 0.3) is 16.3 Å². The third-order valence-electron chi connectivity index (χ3n) is 3.20. The molecule has 1 aromatic carbocycles. The maximum atomic E-state index is 13.1. The maximum absolute atomic E-state index is 13.1. The second-order valence-corrected chi connectivity index (χ2v) is 8.33. The predicted molar refractivity (Wildman–Crippen MR) is 86.9 cm³/mol. The van der Waals surface area contributed by atoms with Crippen molar-refractivity contribution in [3.8, 4) is 16.3 Å². The summed E-state index contributed by atoms with van der Waals surface area (Å²) in [5.41, 5.74) is 0.691. The van der Waals surface area contributed by atoms with Crippen molar-refractivity contribution in [3.05, 3.63) is 54.0 Å². The van der Waals surface area contributed by atoms with Gasteiger partial charge in [-0.05, 0) is 36.4 Å². The van der Waals surface area contributed by atoms with Gasteiger partial charge in [0.1, 0.15) is 10.0 Å². The van der Waals surface area contributed by atoms with Gasteiger partial charge in [0.15, 0.2) is 15.5 Å². The fourth-order valence-corrected chi connectivity index (χ4v) is 4.03. The van der Waals surface area contributed by atoms with Crippen LogP contribution >= 0.6 is 11.3 Å². The minimum absolute atomic E-state index is 0.168. The Kier molecular flexibility index (Phi) is 3.98. The summed E-state index contributed by atoms with van der Waals surface area (Å²) in [5.74, 6) is -1.64. The van der Waals surface area contributed by atoms with Gasteiger partial charge in [-0.1, -0.05) is 0 Å². The van der Waals surface area contributed by atoms with Gasteiger partial charge < -0.3 is 5.11 Å². The summed E-state index contributed by atoms with van der Waals surface area (Å²) in [6.45, 7) is 0. The molecule has 0 saturated heterocycles. The summed E-state index contributed by atoms with van der Waals surface area (Å²) in [5, 5.41) is 13.2. The number of carboxylic acids is 1. The van der Waals surface area contributed by atoms with E-state index in [4.69, 9.17) is 5.11 Å². The minimum Gasteiger partial charge on any atom is -0.476 e. The van der Waals surface area contributed by atoms with E-state index in [-0.39, 0.29) is 9.90 Å². The fourth-order valence-electron chi connectivity index (χ4n) is 2.10. The molecule has 6 nitrogen and oxygen atoms in total. The first-order valence-electron chi connectivity index (χ1n) is 6.65. The van der Waals surface area contributed by atoms with Gasteiger partial charge in [0.2, 0.25) is 0 Å². The Hall–Kier alpha value is -2.52. The number of aromatic carboxylic acids is 1. The van der Waals surface area contributed by atoms with Crippen LogP contribution in [0.15, 0.2) is 46.7 Å². The number of carbonyl (C=O) groups is 1. The molecular weight excluding hydrogens is 355 g/mol. The van der Waals surface area contributed by atoms with Crippen molar-refractivity contribution in [2.75, 3.05) is 6.26 Å². The average molecular weight is 366 g/mol. The smallest absolute Gasteiger partial charge is 0.356 e. The van der Waals surface area contributed by atoms with Crippen molar-refractivity contribution in [1.29, 1.82) is 0 Å². The van der Waals surface area contributed by atoms with Gasteiger partial charge in [0.25, 0.3) is 0 Å². The molecule has 9 heteroatoms. The Morgan fingerprint density at radius 2 is 1.88 bits per heavy atom. The number of halogens is 1. The zero-order valence-electron chi connectivity index (χ0n) is 12.3. The van der Waals surface area contributed by atoms with Gasteiger partial charge in [-0.2, -0.15) is 5.10 Å². The van der Waals surface area contributed by atoms with E-state index < -0.39 is 21.6 Å². The van der Waals surface area contributed by atoms with Gasteiger partial charge >= 0.3 is 5.97 Å². The highest BCUT2D eigenvalue weighted by molar-refractivity contribution is 7.92. The highest BCUT2D eigenvalue weighted by Gasteiger charge is 2.19. The predicted octanol–water partition coefficient (Wildman–Crippen LogP) is 2.84. The topological polar surface area (TPSA) is 89.3 Å². The molecule has 2 heterocycles. The van der Waals surface area contributed by atoms with Crippen molar-refractivity contribution in [1.82, 2.24) is 9.78 Å². The largest absolute Gasteiger partial charge is 0.476 e. The number of benzene rings is 1. The van der Waals surface area contributed by atoms with Gasteiger partial charge in [0.05, 0.1) is 16.3 Å². The summed E-state index contributed by atoms with van der Waals surface area (Å²) in [7, 11) is -3.36. The highest BCUT2D eigenvalue weighted by atomic mass is 32.2. The first kappa shape index (κ1) is 16.3. The van der Waals surface area contributed by atoms with Crippen LogP contribution in [-0.2, 0) is 9.84 Å². The third kappa shape index (κ3) is 3.08. The van der Waals surface area contributed by atoms with Gasteiger partial charge in [-0.15, -0.1) is 11.3 Å². The molecule has 0 unspecified atom stereocenters. The van der Waals surface area contributed by atoms with E-state index >= 15 is 0 Å². The lowest BCUT2D eigenvalue weighted by Gasteiger charge is -2.05. The number of carboxylic acid groups (broad SMARTS) is 1. The van der Waals surface area contributed by atoms with Crippen LogP contribution in [0.5, 0.6) is 0 Å². The molecular formula is C15H11FN2O4S2. The van der Waals surface area contributed by atoms with E-state index in [0.29, 0.717) is 16.3 Å². The second kappa shape index (κ2) is 5.84. The molecule has 3 rings (SSSR count). The molecule has 0 fully saturated rings. The molecule has 0 amide bonds. The fraction of sp³-hybridized carbons (Fsp3) is 0.0667. The quantitative estimate of drug-likeness (QED) is 0.767. The molecule has 0 saturated carbocycles. The normalized spacial score (nSPS) is 11.6. The zero-order chi connectivity index (χ0) is 17.5. The number of hydrogen-bond acceptors (Lipinski definition) is 5. The molecule has 0 spiro atoms. The molecule has 0 radical (unpaired) electrons. The molecule has 0 bridgehead atoms. The number of aromatic nitrogens is 2. The summed E-state index contributed by atoms with van der Waals surface area (Å²) in [6, 6.07) is 9.78. The molecule has 24 heavy (non-hydrogen) atoms. The zero-order valence-corrected chi connectivity index (χ0v) is 13.9. The number of nitrogens with zero attached hydrogens (tertiary/aromatic N) is 2. The molecule has 0 aliphatic heterocycles. The van der Waals surface area contributed by atoms with Gasteiger partial charge in [-0.3, -0.25) is 0 Å². The highest BCUT2D eigenvalue weighted by Crippen LogP contribution is 2.32. The molecule has 0 aliphatic carbocycles. The third-order valence-corrected chi connectivity index (χ3v) is 6.13. The van der Waals surface area contributed by atoms with E-state index in [1.165, 1.54) is 41.1 Å². The van der Waals surface area contributed by atoms with Gasteiger partial charge in [0, 0.05) is 12.3 Å². The maximum Gasteiger partial charge on any atom is 0.356 e. The van der Waals surface area contributed by atoms with Crippen LogP contribution in [0.1, 0.15) is 10.5 Å². The summed E-state index contributed by atoms with van der Waals surface area (Å²) in [6.07, 6.45) is 1.10. The van der Waals surface area contributed by atoms with E-state index in [2.05, 4.69) is 5.10 Å². The first-order valence-corrected chi connectivity index (χ1v) is 9.36. The standard InChI is InChI=1S/C15H11FN2O4S2/c1-24(21,22)14-7-6-13(23-14)12-8-11(15(19)20)17-18(12)10-4-2-9(16)3-5-10/h2-8H,1H3,(H,19,20). The number of sulfone groups is 1. The molecule has 0 aliphatic rings. The lowest BCUT2D eigenvalue weighted by molar-refractivity contribution is 0.0690. The number of rotatable bonds is 4. The molecule has 1 N–H and O–H groups in total. The monoisotopic (exact) mass is 366 g/mol. The van der Waals surface area contributed by atoms with Crippen molar-refractivity contribution in [3.63, 3.8) is 0 Å². The van der Waals surface area contributed by atoms with E-state index in [1.54, 1.807) is 6.07 Å². The molecule has 3 aromatic rings. The Labute approximate surface area is 140 Å². The van der Waals surface area contributed by atoms with Crippen LogP contribution in [0.2, 0.25) is 0 Å². The molecule has 124 valence electrons. The summed E-state index contributed by atoms with van der Waals surface area (Å²) >= 11 is 1.01. The second-order valence-electron chi connectivity index (χ2n) is 5.00. The Morgan fingerprint density at radius 3 is 2.42 bits per heavy atom. The van der Waals surface area contributed by atoms with E-state index in [0.717, 1.165) is 17.6 Å². The number of thiophene rings is 1. The Balaban J connectivity index is 2.18. The number of hydrogen-bond donors (Lipinski definition) is 1. The first-order chi connectivity index (χ1) is 11.3. The Bertz CT molecular complexity index is 1020. The van der Waals surface area contributed by atoms with Crippen LogP contribution < -0.4 is 0 Å². The van der Waals surface area contributed by atoms with Crippen molar-refractivity contribution in [2.45, 2.75) is 4.21 Å². The molecule has 0 atom stereocenters. The summed E-state index contributed by atoms with van der Waals surface area (Å²) in [4.78, 5) is 11.8. The summed E-state index contributed by atoms with van der Waals surface area (Å²) < 4.78 is 37.9. The van der Waals surface area contributed by atoms with E-state index in [1.807, 2.05) is 0 Å². The minimum atomic E-state index is -3.36. The molecule has 2 aromatic heterocycles. The van der Waals surface area contributed by atoms with Crippen molar-refractivity contribution < 1.29 is 22.7 Å². The van der Waals surface area contributed by atoms with Gasteiger partial charge in [-0.25, -0.2) is 22.3 Å². The van der Waals surface area contributed by atoms with Crippen molar-refractivity contribution in [2.24, 2.45) is 0 Å². The van der Waals surface area contributed by atoms with Crippen LogP contribution in [0.3, 0.4) is 0 Å². The SMILES string of the molecule is CS(=O)(=O)c1ccc(-c2cc(C(=O)O)nn2-c2ccc(F)cc2)s1. The lowest BCUT2D eigenvalue weighted by atomic mass is 10.2. The lowest BCUT2D eigenvalue weighted by Crippen LogP contribution is -2.02. The van der Waals surface area contributed by atoms with Crippen LogP contribution in [0, 0.1) is 5.82 Å². The Morgan fingerprint density at radius 1 is 1.21 bits per heavy atom.